The zero-order valence-corrected chi connectivity index (χ0v) is 14.2. The molecule has 0 heterocycles. The van der Waals surface area contributed by atoms with Gasteiger partial charge in [0.05, 0.1) is 5.38 Å². The number of alkyl halides is 1. The van der Waals surface area contributed by atoms with E-state index in [9.17, 15) is 0 Å². The third-order valence-electron chi connectivity index (χ3n) is 3.97. The number of benzene rings is 2. The molecule has 0 amide bonds. The second kappa shape index (κ2) is 7.13. The number of hydrogen-bond acceptors (Lipinski definition) is 0. The van der Waals surface area contributed by atoms with Crippen LogP contribution in [0.25, 0.3) is 0 Å². The second-order valence-corrected chi connectivity index (χ2v) is 6.96. The molecule has 0 aliphatic rings. The fourth-order valence-electron chi connectivity index (χ4n) is 2.59. The Morgan fingerprint density at radius 3 is 2.00 bits per heavy atom. The summed E-state index contributed by atoms with van der Waals surface area (Å²) in [4.78, 5) is 0. The van der Waals surface area contributed by atoms with Crippen LogP contribution in [0.4, 0.5) is 0 Å². The Kier molecular flexibility index (Phi) is 5.47. The summed E-state index contributed by atoms with van der Waals surface area (Å²) in [7, 11) is 0. The van der Waals surface area contributed by atoms with Crippen molar-refractivity contribution >= 4 is 11.6 Å². The zero-order valence-electron chi connectivity index (χ0n) is 13.5. The van der Waals surface area contributed by atoms with Gasteiger partial charge in [0, 0.05) is 0 Å². The largest absolute Gasteiger partial charge is 0.117 e. The van der Waals surface area contributed by atoms with Crippen molar-refractivity contribution in [2.24, 2.45) is 5.92 Å². The molecule has 0 nitrogen and oxygen atoms in total. The molecule has 0 saturated carbocycles. The van der Waals surface area contributed by atoms with Gasteiger partial charge in [0.2, 0.25) is 0 Å². The Hall–Kier alpha value is -1.27. The van der Waals surface area contributed by atoms with E-state index >= 15 is 0 Å². The lowest BCUT2D eigenvalue weighted by atomic mass is 9.98. The SMILES string of the molecule is Cc1ccc(CC(Cl)c2ccc(CC(C)C)cc2)cc1C. The first-order valence-electron chi connectivity index (χ1n) is 7.74. The van der Waals surface area contributed by atoms with Gasteiger partial charge in [0.25, 0.3) is 0 Å². The Morgan fingerprint density at radius 1 is 0.810 bits per heavy atom. The summed E-state index contributed by atoms with van der Waals surface area (Å²) in [5, 5.41) is 0.0419. The molecule has 1 heteroatoms. The van der Waals surface area contributed by atoms with Crippen LogP contribution in [-0.4, -0.2) is 0 Å². The monoisotopic (exact) mass is 300 g/mol. The summed E-state index contributed by atoms with van der Waals surface area (Å²) in [6.07, 6.45) is 2.01. The lowest BCUT2D eigenvalue weighted by molar-refractivity contribution is 0.647. The Morgan fingerprint density at radius 2 is 1.43 bits per heavy atom. The molecule has 0 radical (unpaired) electrons. The fraction of sp³-hybridized carbons (Fsp3) is 0.400. The van der Waals surface area contributed by atoms with Gasteiger partial charge in [-0.2, -0.15) is 0 Å². The third-order valence-corrected chi connectivity index (χ3v) is 4.38. The normalized spacial score (nSPS) is 12.7. The van der Waals surface area contributed by atoms with E-state index in [4.69, 9.17) is 11.6 Å². The van der Waals surface area contributed by atoms with E-state index in [1.807, 2.05) is 0 Å². The number of halogens is 1. The van der Waals surface area contributed by atoms with Crippen LogP contribution >= 0.6 is 11.6 Å². The van der Waals surface area contributed by atoms with Crippen molar-refractivity contribution in [2.45, 2.75) is 45.9 Å². The first-order valence-corrected chi connectivity index (χ1v) is 8.18. The van der Waals surface area contributed by atoms with Crippen molar-refractivity contribution in [3.8, 4) is 0 Å². The highest BCUT2D eigenvalue weighted by Gasteiger charge is 2.10. The van der Waals surface area contributed by atoms with Gasteiger partial charge in [-0.3, -0.25) is 0 Å². The molecule has 0 bridgehead atoms. The molecular weight excluding hydrogens is 276 g/mol. The predicted molar refractivity (Wildman–Crippen MR) is 93.2 cm³/mol. The second-order valence-electron chi connectivity index (χ2n) is 6.43. The van der Waals surface area contributed by atoms with Crippen LogP contribution < -0.4 is 0 Å². The predicted octanol–water partition coefficient (Wildman–Crippen LogP) is 6.02. The number of hydrogen-bond donors (Lipinski definition) is 0. The highest BCUT2D eigenvalue weighted by molar-refractivity contribution is 6.20. The summed E-state index contributed by atoms with van der Waals surface area (Å²) >= 11 is 6.59. The number of rotatable bonds is 5. The van der Waals surface area contributed by atoms with Crippen LogP contribution in [0.5, 0.6) is 0 Å². The molecule has 1 unspecified atom stereocenters. The lowest BCUT2D eigenvalue weighted by Gasteiger charge is -2.13. The van der Waals surface area contributed by atoms with Crippen LogP contribution in [-0.2, 0) is 12.8 Å². The maximum Gasteiger partial charge on any atom is 0.0625 e. The molecule has 112 valence electrons. The third kappa shape index (κ3) is 4.61. The standard InChI is InChI=1S/C20H25Cl/c1-14(2)11-17-7-9-19(10-8-17)20(21)13-18-6-5-15(3)16(4)12-18/h5-10,12,14,20H,11,13H2,1-4H3. The average molecular weight is 301 g/mol. The minimum absolute atomic E-state index is 0.0419. The van der Waals surface area contributed by atoms with Gasteiger partial charge >= 0.3 is 0 Å². The topological polar surface area (TPSA) is 0 Å². The smallest absolute Gasteiger partial charge is 0.0625 e. The first-order chi connectivity index (χ1) is 9.95. The molecule has 21 heavy (non-hydrogen) atoms. The summed E-state index contributed by atoms with van der Waals surface area (Å²) in [5.74, 6) is 0.693. The zero-order chi connectivity index (χ0) is 15.4. The Bertz CT molecular complexity index is 581. The maximum absolute atomic E-state index is 6.59. The molecular formula is C20H25Cl. The molecule has 0 aliphatic carbocycles. The van der Waals surface area contributed by atoms with Gasteiger partial charge in [-0.1, -0.05) is 56.3 Å². The van der Waals surface area contributed by atoms with Crippen molar-refractivity contribution in [2.75, 3.05) is 0 Å². The lowest BCUT2D eigenvalue weighted by Crippen LogP contribution is -1.98. The van der Waals surface area contributed by atoms with Gasteiger partial charge in [-0.25, -0.2) is 0 Å². The van der Waals surface area contributed by atoms with Crippen LogP contribution in [0.2, 0.25) is 0 Å². The van der Waals surface area contributed by atoms with Crippen LogP contribution in [0.1, 0.15) is 47.0 Å². The Balaban J connectivity index is 2.05. The van der Waals surface area contributed by atoms with E-state index < -0.39 is 0 Å². The Labute approximate surface area is 134 Å². The van der Waals surface area contributed by atoms with Gasteiger partial charge in [-0.05, 0) is 60.4 Å². The van der Waals surface area contributed by atoms with Crippen LogP contribution in [0.3, 0.4) is 0 Å². The summed E-state index contributed by atoms with van der Waals surface area (Å²) in [6, 6.07) is 15.4. The van der Waals surface area contributed by atoms with Crippen LogP contribution in [0, 0.1) is 19.8 Å². The van der Waals surface area contributed by atoms with E-state index in [0.29, 0.717) is 5.92 Å². The van der Waals surface area contributed by atoms with Crippen molar-refractivity contribution in [3.63, 3.8) is 0 Å². The molecule has 0 saturated heterocycles. The average Bonchev–Trinajstić information content (AvgIpc) is 2.43. The minimum atomic E-state index is 0.0419. The molecule has 0 aliphatic heterocycles. The summed E-state index contributed by atoms with van der Waals surface area (Å²) in [5.41, 5.74) is 6.59. The highest BCUT2D eigenvalue weighted by atomic mass is 35.5. The summed E-state index contributed by atoms with van der Waals surface area (Å²) < 4.78 is 0. The molecule has 0 fully saturated rings. The summed E-state index contributed by atoms with van der Waals surface area (Å²) in [6.45, 7) is 8.80. The molecule has 0 N–H and O–H groups in total. The van der Waals surface area contributed by atoms with E-state index in [0.717, 1.165) is 12.8 Å². The van der Waals surface area contributed by atoms with Gasteiger partial charge < -0.3 is 0 Å². The molecule has 1 atom stereocenters. The maximum atomic E-state index is 6.59. The van der Waals surface area contributed by atoms with Gasteiger partial charge in [0.1, 0.15) is 0 Å². The van der Waals surface area contributed by atoms with Crippen LogP contribution in [0.15, 0.2) is 42.5 Å². The molecule has 0 spiro atoms. The molecule has 0 aromatic heterocycles. The van der Waals surface area contributed by atoms with E-state index in [1.165, 1.54) is 27.8 Å². The van der Waals surface area contributed by atoms with E-state index in [2.05, 4.69) is 70.2 Å². The molecule has 2 aromatic rings. The van der Waals surface area contributed by atoms with Crippen molar-refractivity contribution < 1.29 is 0 Å². The minimum Gasteiger partial charge on any atom is -0.117 e. The van der Waals surface area contributed by atoms with Crippen molar-refractivity contribution in [1.82, 2.24) is 0 Å². The van der Waals surface area contributed by atoms with Crippen molar-refractivity contribution in [3.05, 3.63) is 70.3 Å². The van der Waals surface area contributed by atoms with Crippen molar-refractivity contribution in [1.29, 1.82) is 0 Å². The highest BCUT2D eigenvalue weighted by Crippen LogP contribution is 2.26. The molecule has 2 aromatic carbocycles. The quantitative estimate of drug-likeness (QED) is 0.592. The van der Waals surface area contributed by atoms with Gasteiger partial charge in [-0.15, -0.1) is 11.6 Å². The first kappa shape index (κ1) is 16.1. The van der Waals surface area contributed by atoms with E-state index in [-0.39, 0.29) is 5.38 Å². The van der Waals surface area contributed by atoms with Gasteiger partial charge in [0.15, 0.2) is 0 Å². The number of aryl methyl sites for hydroxylation is 2. The van der Waals surface area contributed by atoms with E-state index in [1.54, 1.807) is 0 Å². The molecule has 2 rings (SSSR count). The fourth-order valence-corrected chi connectivity index (χ4v) is 2.91.